The van der Waals surface area contributed by atoms with Gasteiger partial charge in [-0.2, -0.15) is 0 Å². The molecule has 0 amide bonds. The van der Waals surface area contributed by atoms with Gasteiger partial charge in [0.15, 0.2) is 0 Å². The highest BCUT2D eigenvalue weighted by atomic mass is 32.1. The second kappa shape index (κ2) is 14.4. The first-order valence-corrected chi connectivity index (χ1v) is 20.7. The van der Waals surface area contributed by atoms with Gasteiger partial charge in [0, 0.05) is 26.6 Å². The van der Waals surface area contributed by atoms with Gasteiger partial charge >= 0.3 is 0 Å². The molecular weight excluding hydrogens is 719 g/mol. The van der Waals surface area contributed by atoms with E-state index in [1.165, 1.54) is 86.2 Å². The summed E-state index contributed by atoms with van der Waals surface area (Å²) in [4.78, 5) is 2.54. The summed E-state index contributed by atoms with van der Waals surface area (Å²) >= 11 is 1.87. The van der Waals surface area contributed by atoms with E-state index in [1.54, 1.807) is 0 Å². The van der Waals surface area contributed by atoms with Gasteiger partial charge in [-0.05, 0) is 79.2 Å². The molecule has 0 spiro atoms. The average molecular weight is 756 g/mol. The molecule has 0 saturated heterocycles. The van der Waals surface area contributed by atoms with E-state index in [1.807, 2.05) is 11.3 Å². The van der Waals surface area contributed by atoms with Crippen molar-refractivity contribution in [2.75, 3.05) is 4.90 Å². The van der Waals surface area contributed by atoms with E-state index >= 15 is 0 Å². The maximum Gasteiger partial charge on any atom is 0.0640 e. The lowest BCUT2D eigenvalue weighted by atomic mass is 9.89. The van der Waals surface area contributed by atoms with Crippen LogP contribution in [0.25, 0.3) is 86.2 Å². The highest BCUT2D eigenvalue weighted by Crippen LogP contribution is 2.51. The number of anilines is 3. The molecule has 1 nitrogen and oxygen atoms in total. The molecule has 0 aliphatic heterocycles. The van der Waals surface area contributed by atoms with Crippen LogP contribution in [0.4, 0.5) is 17.1 Å². The van der Waals surface area contributed by atoms with Gasteiger partial charge in [-0.15, -0.1) is 11.3 Å². The van der Waals surface area contributed by atoms with Gasteiger partial charge in [0.25, 0.3) is 0 Å². The number of hydrogen-bond acceptors (Lipinski definition) is 2. The number of rotatable bonds is 7. The predicted molar refractivity (Wildman–Crippen MR) is 251 cm³/mol. The SMILES string of the molecule is c1ccc(-c2cccc3cccc(-c4ccccc4N(c4ccccc4-c4cccc5cccc(-c6ccccc6)c45)c4cccc5c4sc4ccccc45)c23)cc1. The van der Waals surface area contributed by atoms with Crippen LogP contribution in [-0.4, -0.2) is 0 Å². The van der Waals surface area contributed by atoms with Gasteiger partial charge in [0.1, 0.15) is 0 Å². The molecule has 0 aliphatic carbocycles. The van der Waals surface area contributed by atoms with Crippen LogP contribution >= 0.6 is 11.3 Å². The Kier molecular flexibility index (Phi) is 8.42. The molecule has 0 saturated carbocycles. The summed E-state index contributed by atoms with van der Waals surface area (Å²) in [5.41, 5.74) is 13.0. The molecule has 0 fully saturated rings. The summed E-state index contributed by atoms with van der Waals surface area (Å²) in [6, 6.07) is 82.0. The van der Waals surface area contributed by atoms with Crippen LogP contribution in [0.3, 0.4) is 0 Å². The maximum absolute atomic E-state index is 2.54. The number of benzene rings is 10. The molecule has 0 bridgehead atoms. The molecule has 0 atom stereocenters. The van der Waals surface area contributed by atoms with Crippen molar-refractivity contribution >= 4 is 70.1 Å². The van der Waals surface area contributed by atoms with Crippen molar-refractivity contribution < 1.29 is 0 Å². The van der Waals surface area contributed by atoms with Crippen LogP contribution in [0.1, 0.15) is 0 Å². The Morgan fingerprint density at radius 3 is 1.22 bits per heavy atom. The summed E-state index contributed by atoms with van der Waals surface area (Å²) < 4.78 is 2.55. The molecule has 0 N–H and O–H groups in total. The van der Waals surface area contributed by atoms with Crippen LogP contribution in [0.5, 0.6) is 0 Å². The molecule has 1 heterocycles. The zero-order chi connectivity index (χ0) is 38.4. The minimum Gasteiger partial charge on any atom is -0.308 e. The lowest BCUT2D eigenvalue weighted by molar-refractivity contribution is 1.30. The highest BCUT2D eigenvalue weighted by Gasteiger charge is 2.25. The highest BCUT2D eigenvalue weighted by molar-refractivity contribution is 7.26. The minimum atomic E-state index is 1.12. The summed E-state index contributed by atoms with van der Waals surface area (Å²) in [5, 5.41) is 7.49. The third-order valence-electron chi connectivity index (χ3n) is 11.5. The molecule has 10 aromatic carbocycles. The Morgan fingerprint density at radius 2 is 0.672 bits per heavy atom. The summed E-state index contributed by atoms with van der Waals surface area (Å²) in [5.74, 6) is 0. The van der Waals surface area contributed by atoms with E-state index in [-0.39, 0.29) is 0 Å². The first-order chi connectivity index (χ1) is 28.8. The smallest absolute Gasteiger partial charge is 0.0640 e. The van der Waals surface area contributed by atoms with Crippen molar-refractivity contribution in [3.05, 3.63) is 224 Å². The fourth-order valence-electron chi connectivity index (χ4n) is 8.94. The second-order valence-electron chi connectivity index (χ2n) is 14.8. The molecule has 2 heteroatoms. The van der Waals surface area contributed by atoms with E-state index in [0.717, 1.165) is 17.1 Å². The standard InChI is InChI=1S/C56H37NS/c1-3-18-38(19-4-1)42-29-13-22-40-24-15-31-47(54(40)42)44-26-7-10-34-50(44)57(52-36-17-33-49-46-28-9-12-37-53(46)58-56(49)52)51-35-11-8-27-45(51)48-32-16-25-41-23-14-30-43(55(41)48)39-20-5-2-6-21-39/h1-37H. The van der Waals surface area contributed by atoms with Crippen LogP contribution in [-0.2, 0) is 0 Å². The molecule has 0 radical (unpaired) electrons. The molecule has 58 heavy (non-hydrogen) atoms. The number of hydrogen-bond donors (Lipinski definition) is 0. The molecule has 0 aliphatic rings. The maximum atomic E-state index is 2.54. The lowest BCUT2D eigenvalue weighted by Gasteiger charge is -2.31. The van der Waals surface area contributed by atoms with Crippen LogP contribution in [0, 0.1) is 0 Å². The van der Waals surface area contributed by atoms with Crippen LogP contribution in [0.15, 0.2) is 224 Å². The Labute approximate surface area is 342 Å². The van der Waals surface area contributed by atoms with Gasteiger partial charge in [0.2, 0.25) is 0 Å². The van der Waals surface area contributed by atoms with Crippen molar-refractivity contribution in [2.24, 2.45) is 0 Å². The molecule has 11 rings (SSSR count). The fourth-order valence-corrected chi connectivity index (χ4v) is 10.1. The van der Waals surface area contributed by atoms with Gasteiger partial charge < -0.3 is 4.90 Å². The van der Waals surface area contributed by atoms with E-state index in [4.69, 9.17) is 0 Å². The summed E-state index contributed by atoms with van der Waals surface area (Å²) in [7, 11) is 0. The first-order valence-electron chi connectivity index (χ1n) is 19.9. The zero-order valence-corrected chi connectivity index (χ0v) is 32.5. The number of thiophene rings is 1. The third kappa shape index (κ3) is 5.69. The summed E-state index contributed by atoms with van der Waals surface area (Å²) in [6.07, 6.45) is 0. The number of fused-ring (bicyclic) bond motifs is 5. The van der Waals surface area contributed by atoms with Gasteiger partial charge in [-0.3, -0.25) is 0 Å². The van der Waals surface area contributed by atoms with Crippen LogP contribution in [0.2, 0.25) is 0 Å². The second-order valence-corrected chi connectivity index (χ2v) is 15.8. The van der Waals surface area contributed by atoms with Crippen molar-refractivity contribution in [3.63, 3.8) is 0 Å². The fraction of sp³-hybridized carbons (Fsp3) is 0. The van der Waals surface area contributed by atoms with Crippen LogP contribution < -0.4 is 4.90 Å². The van der Waals surface area contributed by atoms with E-state index in [2.05, 4.69) is 229 Å². The van der Waals surface area contributed by atoms with Gasteiger partial charge in [0.05, 0.1) is 21.8 Å². The van der Waals surface area contributed by atoms with E-state index < -0.39 is 0 Å². The van der Waals surface area contributed by atoms with E-state index in [0.29, 0.717) is 0 Å². The average Bonchev–Trinajstić information content (AvgIpc) is 3.69. The normalized spacial score (nSPS) is 11.4. The van der Waals surface area contributed by atoms with Gasteiger partial charge in [-0.25, -0.2) is 0 Å². The van der Waals surface area contributed by atoms with Gasteiger partial charge in [-0.1, -0.05) is 200 Å². The predicted octanol–water partition coefficient (Wildman–Crippen LogP) is 16.5. The van der Waals surface area contributed by atoms with Crippen molar-refractivity contribution in [2.45, 2.75) is 0 Å². The molecular formula is C56H37NS. The minimum absolute atomic E-state index is 1.12. The number of para-hydroxylation sites is 2. The zero-order valence-electron chi connectivity index (χ0n) is 31.7. The topological polar surface area (TPSA) is 3.24 Å². The van der Waals surface area contributed by atoms with E-state index in [9.17, 15) is 0 Å². The monoisotopic (exact) mass is 755 g/mol. The van der Waals surface area contributed by atoms with Crippen molar-refractivity contribution in [3.8, 4) is 44.5 Å². The number of nitrogens with zero attached hydrogens (tertiary/aromatic N) is 1. The Bertz CT molecular complexity index is 3110. The molecule has 0 unspecified atom stereocenters. The Balaban J connectivity index is 1.23. The lowest BCUT2D eigenvalue weighted by Crippen LogP contribution is -2.12. The summed E-state index contributed by atoms with van der Waals surface area (Å²) in [6.45, 7) is 0. The third-order valence-corrected chi connectivity index (χ3v) is 12.7. The Morgan fingerprint density at radius 1 is 0.276 bits per heavy atom. The largest absolute Gasteiger partial charge is 0.308 e. The first kappa shape index (κ1) is 34.0. The quantitative estimate of drug-likeness (QED) is 0.157. The van der Waals surface area contributed by atoms with Crippen molar-refractivity contribution in [1.82, 2.24) is 0 Å². The molecule has 1 aromatic heterocycles. The molecule has 11 aromatic rings. The van der Waals surface area contributed by atoms with Crippen molar-refractivity contribution in [1.29, 1.82) is 0 Å². The Hall–Kier alpha value is -7.26. The molecule has 272 valence electrons.